The van der Waals surface area contributed by atoms with Crippen molar-refractivity contribution in [1.29, 1.82) is 0 Å². The second-order valence-electron chi connectivity index (χ2n) is 6.96. The molecule has 0 spiro atoms. The largest absolute Gasteiger partial charge is 0.481 e. The summed E-state index contributed by atoms with van der Waals surface area (Å²) in [6, 6.07) is 16.2. The standard InChI is InChI=1S/C22H28N2O2/c1-17-8-4-5-9-21(17)26-18(2)22(25)23-16-19-10-12-20(13-11-19)24-14-6-3-7-15-24/h4-5,8-13,18H,3,6-7,14-16H2,1-2H3,(H,23,25)/t18-/m0/s1. The third-order valence-electron chi connectivity index (χ3n) is 4.89. The summed E-state index contributed by atoms with van der Waals surface area (Å²) in [6.45, 7) is 6.55. The van der Waals surface area contributed by atoms with Gasteiger partial charge in [0, 0.05) is 25.3 Å². The van der Waals surface area contributed by atoms with Gasteiger partial charge in [0.2, 0.25) is 0 Å². The van der Waals surface area contributed by atoms with Crippen LogP contribution in [-0.2, 0) is 11.3 Å². The highest BCUT2D eigenvalue weighted by molar-refractivity contribution is 5.80. The van der Waals surface area contributed by atoms with Crippen LogP contribution in [0.15, 0.2) is 48.5 Å². The van der Waals surface area contributed by atoms with Gasteiger partial charge >= 0.3 is 0 Å². The quantitative estimate of drug-likeness (QED) is 0.852. The SMILES string of the molecule is Cc1ccccc1O[C@@H](C)C(=O)NCc1ccc(N2CCCCC2)cc1. The van der Waals surface area contributed by atoms with E-state index in [1.54, 1.807) is 6.92 Å². The van der Waals surface area contributed by atoms with Gasteiger partial charge in [-0.05, 0) is 62.4 Å². The van der Waals surface area contributed by atoms with E-state index < -0.39 is 6.10 Å². The lowest BCUT2D eigenvalue weighted by atomic mass is 10.1. The summed E-state index contributed by atoms with van der Waals surface area (Å²) in [4.78, 5) is 14.7. The predicted molar refractivity (Wildman–Crippen MR) is 106 cm³/mol. The summed E-state index contributed by atoms with van der Waals surface area (Å²) in [7, 11) is 0. The number of ether oxygens (including phenoxy) is 1. The normalized spacial score (nSPS) is 15.4. The molecule has 4 nitrogen and oxygen atoms in total. The Morgan fingerprint density at radius 3 is 2.46 bits per heavy atom. The van der Waals surface area contributed by atoms with Crippen molar-refractivity contribution in [2.24, 2.45) is 0 Å². The Labute approximate surface area is 156 Å². The van der Waals surface area contributed by atoms with Gasteiger partial charge in [-0.25, -0.2) is 0 Å². The van der Waals surface area contributed by atoms with E-state index in [1.165, 1.54) is 24.9 Å². The van der Waals surface area contributed by atoms with Crippen LogP contribution >= 0.6 is 0 Å². The van der Waals surface area contributed by atoms with E-state index in [0.29, 0.717) is 6.54 Å². The van der Waals surface area contributed by atoms with Crippen LogP contribution in [0.4, 0.5) is 5.69 Å². The molecule has 1 N–H and O–H groups in total. The average Bonchev–Trinajstić information content (AvgIpc) is 2.69. The minimum Gasteiger partial charge on any atom is -0.481 e. The zero-order valence-corrected chi connectivity index (χ0v) is 15.7. The van der Waals surface area contributed by atoms with Crippen LogP contribution in [0.25, 0.3) is 0 Å². The minimum absolute atomic E-state index is 0.103. The van der Waals surface area contributed by atoms with Crippen LogP contribution in [0.2, 0.25) is 0 Å². The maximum Gasteiger partial charge on any atom is 0.261 e. The van der Waals surface area contributed by atoms with Crippen molar-refractivity contribution in [2.75, 3.05) is 18.0 Å². The lowest BCUT2D eigenvalue weighted by molar-refractivity contribution is -0.127. The summed E-state index contributed by atoms with van der Waals surface area (Å²) >= 11 is 0. The molecule has 0 saturated carbocycles. The second-order valence-corrected chi connectivity index (χ2v) is 6.96. The summed E-state index contributed by atoms with van der Waals surface area (Å²) in [6.07, 6.45) is 3.36. The highest BCUT2D eigenvalue weighted by Crippen LogP contribution is 2.20. The zero-order chi connectivity index (χ0) is 18.4. The predicted octanol–water partition coefficient (Wildman–Crippen LogP) is 4.07. The number of piperidine rings is 1. The number of carbonyl (C=O) groups excluding carboxylic acids is 1. The maximum atomic E-state index is 12.3. The molecule has 138 valence electrons. The molecule has 1 fully saturated rings. The monoisotopic (exact) mass is 352 g/mol. The van der Waals surface area contributed by atoms with Crippen molar-refractivity contribution in [3.05, 3.63) is 59.7 Å². The Bertz CT molecular complexity index is 721. The number of anilines is 1. The van der Waals surface area contributed by atoms with Crippen LogP contribution in [0.3, 0.4) is 0 Å². The molecule has 1 aliphatic heterocycles. The summed E-state index contributed by atoms with van der Waals surface area (Å²) in [5.74, 6) is 0.648. The van der Waals surface area contributed by atoms with Crippen molar-refractivity contribution < 1.29 is 9.53 Å². The number of para-hydroxylation sites is 1. The average molecular weight is 352 g/mol. The molecule has 2 aromatic rings. The van der Waals surface area contributed by atoms with Crippen molar-refractivity contribution in [1.82, 2.24) is 5.32 Å². The molecule has 1 aliphatic rings. The van der Waals surface area contributed by atoms with E-state index in [1.807, 2.05) is 31.2 Å². The first kappa shape index (κ1) is 18.3. The summed E-state index contributed by atoms with van der Waals surface area (Å²) in [5.41, 5.74) is 3.40. The van der Waals surface area contributed by atoms with Crippen molar-refractivity contribution in [3.8, 4) is 5.75 Å². The third-order valence-corrected chi connectivity index (χ3v) is 4.89. The molecule has 4 heteroatoms. The first-order valence-corrected chi connectivity index (χ1v) is 9.47. The van der Waals surface area contributed by atoms with Gasteiger partial charge in [0.1, 0.15) is 5.75 Å². The molecular weight excluding hydrogens is 324 g/mol. The van der Waals surface area contributed by atoms with E-state index in [0.717, 1.165) is 30.0 Å². The number of hydrogen-bond acceptors (Lipinski definition) is 3. The zero-order valence-electron chi connectivity index (χ0n) is 15.7. The van der Waals surface area contributed by atoms with Gasteiger partial charge in [0.15, 0.2) is 6.10 Å². The Kier molecular flexibility index (Phi) is 6.16. The van der Waals surface area contributed by atoms with Gasteiger partial charge in [-0.1, -0.05) is 30.3 Å². The van der Waals surface area contributed by atoms with E-state index in [4.69, 9.17) is 4.74 Å². The molecule has 1 heterocycles. The molecule has 1 atom stereocenters. The fourth-order valence-corrected chi connectivity index (χ4v) is 3.24. The van der Waals surface area contributed by atoms with Gasteiger partial charge < -0.3 is 15.0 Å². The smallest absolute Gasteiger partial charge is 0.261 e. The van der Waals surface area contributed by atoms with Gasteiger partial charge in [0.05, 0.1) is 0 Å². The number of nitrogens with zero attached hydrogens (tertiary/aromatic N) is 1. The number of amides is 1. The summed E-state index contributed by atoms with van der Waals surface area (Å²) < 4.78 is 5.78. The Morgan fingerprint density at radius 1 is 1.08 bits per heavy atom. The Hall–Kier alpha value is -2.49. The van der Waals surface area contributed by atoms with E-state index in [-0.39, 0.29) is 5.91 Å². The van der Waals surface area contributed by atoms with E-state index in [2.05, 4.69) is 34.5 Å². The van der Waals surface area contributed by atoms with Gasteiger partial charge in [-0.2, -0.15) is 0 Å². The number of rotatable bonds is 6. The lowest BCUT2D eigenvalue weighted by Crippen LogP contribution is -2.36. The van der Waals surface area contributed by atoms with Crippen LogP contribution in [0.1, 0.15) is 37.3 Å². The first-order chi connectivity index (χ1) is 12.6. The number of aryl methyl sites for hydroxylation is 1. The molecule has 0 unspecified atom stereocenters. The van der Waals surface area contributed by atoms with Crippen LogP contribution < -0.4 is 15.0 Å². The molecule has 2 aromatic carbocycles. The minimum atomic E-state index is -0.524. The molecule has 3 rings (SSSR count). The molecule has 1 amide bonds. The molecule has 26 heavy (non-hydrogen) atoms. The van der Waals surface area contributed by atoms with Crippen molar-refractivity contribution in [3.63, 3.8) is 0 Å². The van der Waals surface area contributed by atoms with E-state index in [9.17, 15) is 4.79 Å². The first-order valence-electron chi connectivity index (χ1n) is 9.47. The van der Waals surface area contributed by atoms with E-state index >= 15 is 0 Å². The molecular formula is C22H28N2O2. The van der Waals surface area contributed by atoms with Crippen LogP contribution in [-0.4, -0.2) is 25.1 Å². The number of nitrogens with one attached hydrogen (secondary N) is 1. The number of benzene rings is 2. The summed E-state index contributed by atoms with van der Waals surface area (Å²) in [5, 5.41) is 2.96. The third kappa shape index (κ3) is 4.78. The Balaban J connectivity index is 1.50. The van der Waals surface area contributed by atoms with Crippen molar-refractivity contribution in [2.45, 2.75) is 45.8 Å². The fourth-order valence-electron chi connectivity index (χ4n) is 3.24. The molecule has 0 aromatic heterocycles. The highest BCUT2D eigenvalue weighted by Gasteiger charge is 2.15. The topological polar surface area (TPSA) is 41.6 Å². The maximum absolute atomic E-state index is 12.3. The molecule has 0 radical (unpaired) electrons. The number of hydrogen-bond donors (Lipinski definition) is 1. The lowest BCUT2D eigenvalue weighted by Gasteiger charge is -2.28. The van der Waals surface area contributed by atoms with Crippen LogP contribution in [0, 0.1) is 6.92 Å². The molecule has 1 saturated heterocycles. The molecule has 0 bridgehead atoms. The van der Waals surface area contributed by atoms with Crippen molar-refractivity contribution >= 4 is 11.6 Å². The fraction of sp³-hybridized carbons (Fsp3) is 0.409. The number of carbonyl (C=O) groups is 1. The van der Waals surface area contributed by atoms with Crippen LogP contribution in [0.5, 0.6) is 5.75 Å². The van der Waals surface area contributed by atoms with Gasteiger partial charge in [0.25, 0.3) is 5.91 Å². The highest BCUT2D eigenvalue weighted by atomic mass is 16.5. The Morgan fingerprint density at radius 2 is 1.77 bits per heavy atom. The van der Waals surface area contributed by atoms with Gasteiger partial charge in [-0.15, -0.1) is 0 Å². The second kappa shape index (κ2) is 8.75. The molecule has 0 aliphatic carbocycles. The van der Waals surface area contributed by atoms with Gasteiger partial charge in [-0.3, -0.25) is 4.79 Å².